The average Bonchev–Trinajstić information content (AvgIpc) is 2.90. The van der Waals surface area contributed by atoms with Crippen LogP contribution in [0.2, 0.25) is 0 Å². The summed E-state index contributed by atoms with van der Waals surface area (Å²) in [6.45, 7) is 5.76. The van der Waals surface area contributed by atoms with Crippen LogP contribution >= 0.6 is 0 Å². The molecule has 1 amide bonds. The van der Waals surface area contributed by atoms with Gasteiger partial charge in [-0.3, -0.25) is 29.3 Å². The molecule has 0 spiro atoms. The molecule has 4 atom stereocenters. The third-order valence-corrected chi connectivity index (χ3v) is 8.62. The smallest absolute Gasteiger partial charge is 0.287 e. The Labute approximate surface area is 230 Å². The number of allylic oxidation sites excluding steroid dienone is 3. The normalized spacial score (nSPS) is 27.2. The van der Waals surface area contributed by atoms with Crippen LogP contribution in [-0.2, 0) is 29.5 Å². The summed E-state index contributed by atoms with van der Waals surface area (Å²) in [5.41, 5.74) is -0.0177. The van der Waals surface area contributed by atoms with Crippen LogP contribution in [0.4, 0.5) is 0 Å². The Hall–Kier alpha value is -4.19. The summed E-state index contributed by atoms with van der Waals surface area (Å²) in [6, 6.07) is -1.56. The number of hydrogen-bond donors (Lipinski definition) is 4. The van der Waals surface area contributed by atoms with E-state index in [0.29, 0.717) is 11.3 Å². The number of benzene rings is 1. The van der Waals surface area contributed by atoms with E-state index in [9.17, 15) is 34.2 Å². The highest BCUT2D eigenvalue weighted by Crippen LogP contribution is 2.54. The second-order valence-corrected chi connectivity index (χ2v) is 10.8. The first-order valence-corrected chi connectivity index (χ1v) is 12.9. The molecule has 0 aromatic heterocycles. The molecular formula is C28H31N3O9. The average molecular weight is 554 g/mol. The van der Waals surface area contributed by atoms with Crippen molar-refractivity contribution in [2.24, 2.45) is 5.92 Å². The minimum absolute atomic E-state index is 0.00543. The molecule has 2 bridgehead atoms. The second kappa shape index (κ2) is 9.19. The molecular weight excluding hydrogens is 522 g/mol. The van der Waals surface area contributed by atoms with Crippen molar-refractivity contribution in [2.75, 3.05) is 27.3 Å². The number of aromatic hydroxyl groups is 2. The quantitative estimate of drug-likeness (QED) is 0.296. The van der Waals surface area contributed by atoms with Gasteiger partial charge in [0.05, 0.1) is 43.3 Å². The number of piperazine rings is 1. The molecule has 4 aliphatic rings. The minimum atomic E-state index is -1.24. The molecule has 12 heteroatoms. The number of nitrogens with zero attached hydrogens (tertiary/aromatic N) is 1. The maximum absolute atomic E-state index is 13.8. The molecule has 1 fully saturated rings. The molecule has 1 aromatic carbocycles. The number of ether oxygens (including phenoxy) is 2. The van der Waals surface area contributed by atoms with Crippen molar-refractivity contribution in [1.82, 2.24) is 15.5 Å². The fourth-order valence-corrected chi connectivity index (χ4v) is 6.78. The molecule has 3 heterocycles. The van der Waals surface area contributed by atoms with Crippen LogP contribution < -0.4 is 15.4 Å². The maximum atomic E-state index is 13.8. The SMILES string of the molecule is COC1=C(C)C2=C(C(CNC(=O)C(C)=O)C1=O)N1CC3N[C@](C)(c4c(O)c(OC)c(C)c(O)c4C3=O)C1CC2=O. The van der Waals surface area contributed by atoms with E-state index in [-0.39, 0.29) is 70.6 Å². The molecule has 5 rings (SSSR count). The molecule has 1 aliphatic carbocycles. The van der Waals surface area contributed by atoms with Crippen molar-refractivity contribution in [3.8, 4) is 17.2 Å². The van der Waals surface area contributed by atoms with E-state index in [2.05, 4.69) is 10.6 Å². The Morgan fingerprint density at radius 2 is 1.77 bits per heavy atom. The van der Waals surface area contributed by atoms with Gasteiger partial charge in [-0.25, -0.2) is 0 Å². The van der Waals surface area contributed by atoms with Crippen LogP contribution in [0.15, 0.2) is 22.6 Å². The lowest BCUT2D eigenvalue weighted by atomic mass is 9.66. The lowest BCUT2D eigenvalue weighted by Crippen LogP contribution is -2.73. The number of amides is 1. The molecule has 3 unspecified atom stereocenters. The van der Waals surface area contributed by atoms with Crippen LogP contribution in [0.25, 0.3) is 0 Å². The van der Waals surface area contributed by atoms with E-state index >= 15 is 0 Å². The van der Waals surface area contributed by atoms with Crippen LogP contribution in [0.5, 0.6) is 17.2 Å². The van der Waals surface area contributed by atoms with E-state index in [1.54, 1.807) is 13.8 Å². The van der Waals surface area contributed by atoms with Crippen molar-refractivity contribution in [2.45, 2.75) is 51.7 Å². The molecule has 212 valence electrons. The number of nitrogens with one attached hydrogen (secondary N) is 2. The highest BCUT2D eigenvalue weighted by atomic mass is 16.5. The summed E-state index contributed by atoms with van der Waals surface area (Å²) >= 11 is 0. The standard InChI is InChI=1S/C28H31N3O9/c1-10-17-15(33)7-16-28(4)19-18(21(34)11(2)26(40-6)24(19)37)23(36)14(30-28)9-31(16)20(17)13(22(35)25(10)39-5)8-29-27(38)12(3)32/h13-14,16,30,34,37H,7-9H2,1-6H3,(H,29,38)/t13?,14?,16?,28-/m0/s1. The van der Waals surface area contributed by atoms with Crippen molar-refractivity contribution in [3.63, 3.8) is 0 Å². The first-order chi connectivity index (χ1) is 18.8. The summed E-state index contributed by atoms with van der Waals surface area (Å²) < 4.78 is 10.7. The van der Waals surface area contributed by atoms with Crippen molar-refractivity contribution in [1.29, 1.82) is 0 Å². The molecule has 0 saturated carbocycles. The zero-order chi connectivity index (χ0) is 29.4. The van der Waals surface area contributed by atoms with Gasteiger partial charge in [0.15, 0.2) is 28.8 Å². The highest BCUT2D eigenvalue weighted by molar-refractivity contribution is 6.35. The van der Waals surface area contributed by atoms with Crippen LogP contribution in [0, 0.1) is 12.8 Å². The Balaban J connectivity index is 1.72. The number of hydrogen-bond acceptors (Lipinski definition) is 11. The molecule has 3 aliphatic heterocycles. The number of fused-ring (bicyclic) bond motifs is 7. The van der Waals surface area contributed by atoms with E-state index in [0.717, 1.165) is 6.92 Å². The Morgan fingerprint density at radius 3 is 2.38 bits per heavy atom. The third-order valence-electron chi connectivity index (χ3n) is 8.62. The van der Waals surface area contributed by atoms with E-state index in [1.807, 2.05) is 4.90 Å². The second-order valence-electron chi connectivity index (χ2n) is 10.8. The molecule has 12 nitrogen and oxygen atoms in total. The van der Waals surface area contributed by atoms with Gasteiger partial charge >= 0.3 is 0 Å². The summed E-state index contributed by atoms with van der Waals surface area (Å²) in [5, 5.41) is 28.1. The number of Topliss-reactive ketones (excluding diaryl/α,β-unsaturated/α-hetero) is 4. The van der Waals surface area contributed by atoms with Gasteiger partial charge in [-0.1, -0.05) is 0 Å². The van der Waals surface area contributed by atoms with Crippen molar-refractivity contribution < 1.29 is 43.7 Å². The Morgan fingerprint density at radius 1 is 1.10 bits per heavy atom. The van der Waals surface area contributed by atoms with E-state index < -0.39 is 46.8 Å². The summed E-state index contributed by atoms with van der Waals surface area (Å²) in [5.74, 6) is -4.56. The summed E-state index contributed by atoms with van der Waals surface area (Å²) in [6.07, 6.45) is -0.0475. The fourth-order valence-electron chi connectivity index (χ4n) is 6.78. The number of rotatable bonds is 5. The first-order valence-electron chi connectivity index (χ1n) is 12.9. The van der Waals surface area contributed by atoms with Crippen LogP contribution in [0.3, 0.4) is 0 Å². The number of phenolic OH excluding ortho intramolecular Hbond substituents is 2. The van der Waals surface area contributed by atoms with Gasteiger partial charge < -0.3 is 29.9 Å². The Kier molecular flexibility index (Phi) is 6.29. The summed E-state index contributed by atoms with van der Waals surface area (Å²) in [7, 11) is 2.65. The number of carbonyl (C=O) groups excluding carboxylic acids is 5. The van der Waals surface area contributed by atoms with Crippen molar-refractivity contribution in [3.05, 3.63) is 39.3 Å². The minimum Gasteiger partial charge on any atom is -0.507 e. The largest absolute Gasteiger partial charge is 0.507 e. The third kappa shape index (κ3) is 3.51. The van der Waals surface area contributed by atoms with Gasteiger partial charge in [0.25, 0.3) is 5.91 Å². The zero-order valence-corrected chi connectivity index (χ0v) is 23.1. The predicted octanol–water partition coefficient (Wildman–Crippen LogP) is 0.520. The van der Waals surface area contributed by atoms with Gasteiger partial charge in [-0.15, -0.1) is 0 Å². The number of carbonyl (C=O) groups is 5. The molecule has 40 heavy (non-hydrogen) atoms. The van der Waals surface area contributed by atoms with Gasteiger partial charge in [-0.2, -0.15) is 0 Å². The highest BCUT2D eigenvalue weighted by Gasteiger charge is 2.59. The van der Waals surface area contributed by atoms with Crippen LogP contribution in [0.1, 0.15) is 48.7 Å². The zero-order valence-electron chi connectivity index (χ0n) is 23.1. The molecule has 4 N–H and O–H groups in total. The fraction of sp³-hybridized carbons (Fsp3) is 0.464. The van der Waals surface area contributed by atoms with Gasteiger partial charge in [0, 0.05) is 54.4 Å². The number of methoxy groups -OCH3 is 2. The van der Waals surface area contributed by atoms with Gasteiger partial charge in [-0.05, 0) is 20.8 Å². The van der Waals surface area contributed by atoms with Crippen LogP contribution in [-0.4, -0.2) is 83.5 Å². The van der Waals surface area contributed by atoms with Gasteiger partial charge in [0.2, 0.25) is 11.6 Å². The number of ketones is 4. The van der Waals surface area contributed by atoms with Crippen molar-refractivity contribution >= 4 is 29.0 Å². The Bertz CT molecular complexity index is 1490. The van der Waals surface area contributed by atoms with Gasteiger partial charge in [0.1, 0.15) is 5.75 Å². The predicted molar refractivity (Wildman–Crippen MR) is 139 cm³/mol. The monoisotopic (exact) mass is 553 g/mol. The molecule has 1 saturated heterocycles. The van der Waals surface area contributed by atoms with E-state index in [1.165, 1.54) is 21.1 Å². The molecule has 1 aromatic rings. The first kappa shape index (κ1) is 27.4. The lowest BCUT2D eigenvalue weighted by Gasteiger charge is -2.58. The summed E-state index contributed by atoms with van der Waals surface area (Å²) in [4.78, 5) is 66.7. The molecule has 0 radical (unpaired) electrons. The van der Waals surface area contributed by atoms with E-state index in [4.69, 9.17) is 9.47 Å². The lowest BCUT2D eigenvalue weighted by molar-refractivity contribution is -0.137. The number of phenols is 2. The maximum Gasteiger partial charge on any atom is 0.287 e. The topological polar surface area (TPSA) is 172 Å².